The number of hydrogen-bond acceptors (Lipinski definition) is 10. The average molecular weight is 450 g/mol. The summed E-state index contributed by atoms with van der Waals surface area (Å²) in [5.74, 6) is -3.63. The fourth-order valence-electron chi connectivity index (χ4n) is 3.27. The molecule has 0 bridgehead atoms. The SMILES string of the molecule is O=C(CCc1ccc(O)cc1)c1c(O)cc(O[C@@H]2O[C@H](C(=O)O)[C@@H](O)[C@H](O)[C@H]2O)cc1O. The summed E-state index contributed by atoms with van der Waals surface area (Å²) < 4.78 is 10.2. The number of aromatic hydroxyl groups is 3. The van der Waals surface area contributed by atoms with E-state index in [2.05, 4.69) is 0 Å². The number of carboxylic acids is 1. The van der Waals surface area contributed by atoms with Crippen molar-refractivity contribution in [3.63, 3.8) is 0 Å². The smallest absolute Gasteiger partial charge is 0.335 e. The second-order valence-electron chi connectivity index (χ2n) is 7.28. The Bertz CT molecular complexity index is 965. The van der Waals surface area contributed by atoms with E-state index in [0.717, 1.165) is 17.7 Å². The number of carbonyl (C=O) groups is 2. The minimum atomic E-state index is -1.90. The second kappa shape index (κ2) is 9.40. The first kappa shape index (κ1) is 23.3. The van der Waals surface area contributed by atoms with Gasteiger partial charge in [-0.2, -0.15) is 0 Å². The van der Waals surface area contributed by atoms with Crippen molar-refractivity contribution < 1.29 is 54.8 Å². The van der Waals surface area contributed by atoms with E-state index in [1.54, 1.807) is 12.1 Å². The zero-order chi connectivity index (χ0) is 23.6. The maximum absolute atomic E-state index is 12.5. The number of hydrogen-bond donors (Lipinski definition) is 7. The highest BCUT2D eigenvalue weighted by Gasteiger charge is 2.48. The van der Waals surface area contributed by atoms with Crippen molar-refractivity contribution in [2.75, 3.05) is 0 Å². The van der Waals surface area contributed by atoms with E-state index in [0.29, 0.717) is 0 Å². The number of phenolic OH excluding ortho intramolecular Hbond substituents is 3. The zero-order valence-corrected chi connectivity index (χ0v) is 16.5. The summed E-state index contributed by atoms with van der Waals surface area (Å²) in [5.41, 5.74) is 0.396. The minimum Gasteiger partial charge on any atom is -0.508 e. The van der Waals surface area contributed by atoms with Crippen LogP contribution in [0, 0.1) is 0 Å². The van der Waals surface area contributed by atoms with Crippen molar-refractivity contribution in [2.24, 2.45) is 0 Å². The predicted molar refractivity (Wildman–Crippen MR) is 105 cm³/mol. The van der Waals surface area contributed by atoms with Crippen LogP contribution in [0.4, 0.5) is 0 Å². The largest absolute Gasteiger partial charge is 0.508 e. The van der Waals surface area contributed by atoms with Crippen LogP contribution in [0.1, 0.15) is 22.3 Å². The molecule has 1 fully saturated rings. The van der Waals surface area contributed by atoms with Crippen LogP contribution in [0.3, 0.4) is 0 Å². The van der Waals surface area contributed by atoms with E-state index in [9.17, 15) is 40.2 Å². The summed E-state index contributed by atoms with van der Waals surface area (Å²) in [6.07, 6.45) is -9.03. The Morgan fingerprint density at radius 2 is 1.50 bits per heavy atom. The topological polar surface area (TPSA) is 194 Å². The molecule has 3 rings (SSSR count). The van der Waals surface area contributed by atoms with Crippen molar-refractivity contribution in [1.82, 2.24) is 0 Å². The summed E-state index contributed by atoms with van der Waals surface area (Å²) in [7, 11) is 0. The van der Waals surface area contributed by atoms with Gasteiger partial charge in [0.2, 0.25) is 6.29 Å². The number of ether oxygens (including phenoxy) is 2. The summed E-state index contributed by atoms with van der Waals surface area (Å²) >= 11 is 0. The molecule has 1 saturated heterocycles. The Morgan fingerprint density at radius 1 is 0.906 bits per heavy atom. The van der Waals surface area contributed by atoms with Gasteiger partial charge in [0.1, 0.15) is 46.9 Å². The average Bonchev–Trinajstić information content (AvgIpc) is 2.73. The summed E-state index contributed by atoms with van der Waals surface area (Å²) in [6, 6.07) is 8.10. The molecule has 0 radical (unpaired) electrons. The molecule has 11 nitrogen and oxygen atoms in total. The number of aliphatic carboxylic acids is 1. The lowest BCUT2D eigenvalue weighted by atomic mass is 9.99. The molecule has 5 atom stereocenters. The first-order chi connectivity index (χ1) is 15.1. The molecule has 2 aromatic rings. The van der Waals surface area contributed by atoms with Gasteiger partial charge in [0.25, 0.3) is 0 Å². The van der Waals surface area contributed by atoms with E-state index in [1.165, 1.54) is 12.1 Å². The zero-order valence-electron chi connectivity index (χ0n) is 16.5. The second-order valence-corrected chi connectivity index (χ2v) is 7.28. The van der Waals surface area contributed by atoms with Gasteiger partial charge >= 0.3 is 5.97 Å². The van der Waals surface area contributed by atoms with Crippen LogP contribution in [0.2, 0.25) is 0 Å². The highest BCUT2D eigenvalue weighted by Crippen LogP contribution is 2.35. The molecule has 7 N–H and O–H groups in total. The van der Waals surface area contributed by atoms with Crippen molar-refractivity contribution in [1.29, 1.82) is 0 Å². The van der Waals surface area contributed by atoms with Crippen LogP contribution in [-0.2, 0) is 16.0 Å². The van der Waals surface area contributed by atoms with E-state index < -0.39 is 54.0 Å². The van der Waals surface area contributed by atoms with E-state index in [-0.39, 0.29) is 29.9 Å². The van der Waals surface area contributed by atoms with Gasteiger partial charge in [-0.25, -0.2) is 4.79 Å². The molecule has 172 valence electrons. The number of aryl methyl sites for hydroxylation is 1. The molecular formula is C21H22O11. The lowest BCUT2D eigenvalue weighted by molar-refractivity contribution is -0.271. The van der Waals surface area contributed by atoms with Gasteiger partial charge in [-0.15, -0.1) is 0 Å². The molecule has 0 aromatic heterocycles. The third-order valence-corrected chi connectivity index (χ3v) is 4.99. The molecule has 1 aliphatic rings. The first-order valence-electron chi connectivity index (χ1n) is 9.54. The number of ketones is 1. The Labute approximate surface area is 181 Å². The van der Waals surface area contributed by atoms with Crippen molar-refractivity contribution in [3.8, 4) is 23.0 Å². The van der Waals surface area contributed by atoms with Crippen molar-refractivity contribution in [3.05, 3.63) is 47.5 Å². The fraction of sp³-hybridized carbons (Fsp3) is 0.333. The lowest BCUT2D eigenvalue weighted by Crippen LogP contribution is -2.61. The standard InChI is InChI=1S/C21H22O11/c22-10-4-1-9(2-5-10)3-6-12(23)15-13(24)7-11(8-14(15)25)31-21-18(28)16(26)17(27)19(32-21)20(29)30/h1-2,4-5,7-8,16-19,21-22,24-28H,3,6H2,(H,29,30)/t16-,17-,18+,19-,21+/m0/s1. The number of phenols is 3. The number of aliphatic hydroxyl groups excluding tert-OH is 3. The first-order valence-corrected chi connectivity index (χ1v) is 9.54. The summed E-state index contributed by atoms with van der Waals surface area (Å²) in [6.45, 7) is 0. The minimum absolute atomic E-state index is 0.0546. The molecule has 11 heteroatoms. The van der Waals surface area contributed by atoms with Crippen LogP contribution >= 0.6 is 0 Å². The summed E-state index contributed by atoms with van der Waals surface area (Å²) in [5, 5.41) is 68.3. The highest BCUT2D eigenvalue weighted by atomic mass is 16.7. The van der Waals surface area contributed by atoms with E-state index >= 15 is 0 Å². The molecule has 0 aliphatic carbocycles. The number of rotatable bonds is 7. The summed E-state index contributed by atoms with van der Waals surface area (Å²) in [4.78, 5) is 23.6. The molecule has 0 unspecified atom stereocenters. The van der Waals surface area contributed by atoms with Gasteiger partial charge in [-0.3, -0.25) is 4.79 Å². The van der Waals surface area contributed by atoms with Crippen LogP contribution in [0.25, 0.3) is 0 Å². The molecule has 0 amide bonds. The molecular weight excluding hydrogens is 428 g/mol. The van der Waals surface area contributed by atoms with Crippen LogP contribution < -0.4 is 4.74 Å². The van der Waals surface area contributed by atoms with Gasteiger partial charge in [-0.1, -0.05) is 12.1 Å². The monoisotopic (exact) mass is 450 g/mol. The number of Topliss-reactive ketones (excluding diaryl/α,β-unsaturated/α-hetero) is 1. The maximum Gasteiger partial charge on any atom is 0.335 e. The molecule has 32 heavy (non-hydrogen) atoms. The third kappa shape index (κ3) is 4.92. The molecule has 0 saturated carbocycles. The normalized spacial score (nSPS) is 25.3. The molecule has 1 aliphatic heterocycles. The van der Waals surface area contributed by atoms with Gasteiger partial charge in [0, 0.05) is 18.6 Å². The van der Waals surface area contributed by atoms with Crippen LogP contribution in [-0.4, -0.2) is 78.2 Å². The Balaban J connectivity index is 1.72. The number of aliphatic hydroxyl groups is 3. The number of carboxylic acid groups (broad SMARTS) is 1. The van der Waals surface area contributed by atoms with Crippen LogP contribution in [0.15, 0.2) is 36.4 Å². The van der Waals surface area contributed by atoms with Gasteiger partial charge < -0.3 is 45.2 Å². The van der Waals surface area contributed by atoms with Gasteiger partial charge in [0.15, 0.2) is 11.9 Å². The molecule has 2 aromatic carbocycles. The molecule has 1 heterocycles. The number of carbonyl (C=O) groups excluding carboxylic acids is 1. The quantitative estimate of drug-likeness (QED) is 0.278. The van der Waals surface area contributed by atoms with Crippen molar-refractivity contribution in [2.45, 2.75) is 43.5 Å². The van der Waals surface area contributed by atoms with Gasteiger partial charge in [0.05, 0.1) is 0 Å². The predicted octanol–water partition coefficient (Wildman–Crippen LogP) is -0.110. The Kier molecular flexibility index (Phi) is 6.84. The molecule has 0 spiro atoms. The van der Waals surface area contributed by atoms with Crippen molar-refractivity contribution >= 4 is 11.8 Å². The van der Waals surface area contributed by atoms with Gasteiger partial charge in [-0.05, 0) is 24.1 Å². The number of benzene rings is 2. The van der Waals surface area contributed by atoms with Crippen LogP contribution in [0.5, 0.6) is 23.0 Å². The fourth-order valence-corrected chi connectivity index (χ4v) is 3.27. The lowest BCUT2D eigenvalue weighted by Gasteiger charge is -2.38. The maximum atomic E-state index is 12.5. The highest BCUT2D eigenvalue weighted by molar-refractivity contribution is 6.01. The van der Waals surface area contributed by atoms with E-state index in [1.807, 2.05) is 0 Å². The Morgan fingerprint density at radius 3 is 2.06 bits per heavy atom. The third-order valence-electron chi connectivity index (χ3n) is 4.99. The van der Waals surface area contributed by atoms with E-state index in [4.69, 9.17) is 14.6 Å². The Hall–Kier alpha value is -3.38.